The average molecular weight is 316 g/mol. The fraction of sp³-hybridized carbons (Fsp3) is 0.316. The average Bonchev–Trinajstić information content (AvgIpc) is 2.54. The summed E-state index contributed by atoms with van der Waals surface area (Å²) in [5.74, 6) is -0.292. The first kappa shape index (κ1) is 18.7. The van der Waals surface area contributed by atoms with Gasteiger partial charge in [-0.15, -0.1) is 0 Å². The van der Waals surface area contributed by atoms with E-state index in [0.29, 0.717) is 17.8 Å². The van der Waals surface area contributed by atoms with Gasteiger partial charge in [-0.05, 0) is 44.0 Å². The Labute approximate surface area is 138 Å². The number of anilines is 1. The van der Waals surface area contributed by atoms with Crippen molar-refractivity contribution in [2.24, 2.45) is 0 Å². The molecule has 0 aliphatic heterocycles. The molecule has 0 aromatic heterocycles. The van der Waals surface area contributed by atoms with Crippen molar-refractivity contribution in [3.63, 3.8) is 0 Å². The number of hydrogen-bond acceptors (Lipinski definition) is 2. The lowest BCUT2D eigenvalue weighted by Gasteiger charge is -2.22. The highest BCUT2D eigenvalue weighted by atomic mass is 19.1. The van der Waals surface area contributed by atoms with Crippen molar-refractivity contribution in [3.8, 4) is 0 Å². The summed E-state index contributed by atoms with van der Waals surface area (Å²) < 4.78 is 13.6. The van der Waals surface area contributed by atoms with Gasteiger partial charge >= 0.3 is 0 Å². The Balaban J connectivity index is 2.56. The van der Waals surface area contributed by atoms with Crippen LogP contribution in [0.3, 0.4) is 0 Å². The van der Waals surface area contributed by atoms with Gasteiger partial charge in [-0.3, -0.25) is 4.79 Å². The third kappa shape index (κ3) is 6.10. The smallest absolute Gasteiger partial charge is 0.214 e. The first-order valence-corrected chi connectivity index (χ1v) is 7.64. The van der Waals surface area contributed by atoms with Gasteiger partial charge in [0.15, 0.2) is 0 Å². The molecule has 0 bridgehead atoms. The van der Waals surface area contributed by atoms with E-state index in [1.165, 1.54) is 11.0 Å². The second kappa shape index (κ2) is 9.62. The molecule has 0 atom stereocenters. The van der Waals surface area contributed by atoms with Crippen molar-refractivity contribution in [3.05, 3.63) is 66.2 Å². The Hall–Kier alpha value is -2.36. The molecule has 0 unspecified atom stereocenters. The van der Waals surface area contributed by atoms with E-state index in [2.05, 4.69) is 11.5 Å². The molecular formula is C19H25FN2O. The number of carbonyl (C=O) groups is 1. The van der Waals surface area contributed by atoms with Crippen LogP contribution < -0.4 is 4.90 Å². The van der Waals surface area contributed by atoms with Crippen molar-refractivity contribution in [2.75, 3.05) is 25.0 Å². The molecule has 4 heteroatoms. The summed E-state index contributed by atoms with van der Waals surface area (Å²) in [7, 11) is 2.00. The first-order chi connectivity index (χ1) is 11.0. The SMILES string of the molecule is C=C/C=C\C=C(/C)N(C)CCCN(C=O)c1ccc(C)c(F)c1. The zero-order valence-corrected chi connectivity index (χ0v) is 14.1. The molecule has 124 valence electrons. The number of benzene rings is 1. The molecular weight excluding hydrogens is 291 g/mol. The monoisotopic (exact) mass is 316 g/mol. The van der Waals surface area contributed by atoms with Crippen molar-refractivity contribution < 1.29 is 9.18 Å². The van der Waals surface area contributed by atoms with Crippen LogP contribution >= 0.6 is 0 Å². The number of halogens is 1. The molecule has 0 aliphatic rings. The van der Waals surface area contributed by atoms with Crippen LogP contribution in [0.2, 0.25) is 0 Å². The van der Waals surface area contributed by atoms with Crippen LogP contribution in [0.5, 0.6) is 0 Å². The minimum Gasteiger partial charge on any atom is -0.378 e. The van der Waals surface area contributed by atoms with Crippen LogP contribution in [0, 0.1) is 12.7 Å². The summed E-state index contributed by atoms with van der Waals surface area (Å²) in [5, 5.41) is 0. The molecule has 1 amide bonds. The molecule has 0 aliphatic carbocycles. The van der Waals surface area contributed by atoms with Crippen molar-refractivity contribution >= 4 is 12.1 Å². The van der Waals surface area contributed by atoms with Crippen LogP contribution in [0.15, 0.2) is 54.8 Å². The lowest BCUT2D eigenvalue weighted by molar-refractivity contribution is -0.107. The summed E-state index contributed by atoms with van der Waals surface area (Å²) in [6, 6.07) is 4.85. The van der Waals surface area contributed by atoms with E-state index in [9.17, 15) is 9.18 Å². The minimum absolute atomic E-state index is 0.292. The normalized spacial score (nSPS) is 11.6. The van der Waals surface area contributed by atoms with E-state index in [-0.39, 0.29) is 5.82 Å². The maximum atomic E-state index is 13.6. The Bertz CT molecular complexity index is 593. The van der Waals surface area contributed by atoms with Crippen LogP contribution in [-0.4, -0.2) is 31.4 Å². The highest BCUT2D eigenvalue weighted by molar-refractivity contribution is 5.75. The van der Waals surface area contributed by atoms with Gasteiger partial charge in [-0.2, -0.15) is 0 Å². The zero-order chi connectivity index (χ0) is 17.2. The molecule has 0 N–H and O–H groups in total. The van der Waals surface area contributed by atoms with Crippen molar-refractivity contribution in [1.29, 1.82) is 0 Å². The molecule has 0 fully saturated rings. The quantitative estimate of drug-likeness (QED) is 0.506. The fourth-order valence-electron chi connectivity index (χ4n) is 2.06. The largest absolute Gasteiger partial charge is 0.378 e. The summed E-state index contributed by atoms with van der Waals surface area (Å²) in [6.45, 7) is 8.71. The maximum absolute atomic E-state index is 13.6. The molecule has 3 nitrogen and oxygen atoms in total. The summed E-state index contributed by atoms with van der Waals surface area (Å²) in [5.41, 5.74) is 2.29. The Kier molecular flexibility index (Phi) is 7.81. The van der Waals surface area contributed by atoms with E-state index in [1.807, 2.05) is 32.2 Å². The van der Waals surface area contributed by atoms with Gasteiger partial charge in [0.25, 0.3) is 0 Å². The molecule has 1 aromatic rings. The van der Waals surface area contributed by atoms with Crippen LogP contribution in [0.4, 0.5) is 10.1 Å². The second-order valence-electron chi connectivity index (χ2n) is 5.44. The number of aryl methyl sites for hydroxylation is 1. The third-order valence-corrected chi connectivity index (χ3v) is 3.69. The predicted molar refractivity (Wildman–Crippen MR) is 94.9 cm³/mol. The van der Waals surface area contributed by atoms with Gasteiger partial charge in [0, 0.05) is 31.5 Å². The van der Waals surface area contributed by atoms with E-state index in [4.69, 9.17) is 0 Å². The van der Waals surface area contributed by atoms with Gasteiger partial charge in [0.05, 0.1) is 0 Å². The molecule has 1 rings (SSSR count). The topological polar surface area (TPSA) is 23.6 Å². The third-order valence-electron chi connectivity index (χ3n) is 3.69. The van der Waals surface area contributed by atoms with E-state index in [0.717, 1.165) is 25.1 Å². The molecule has 0 radical (unpaired) electrons. The Morgan fingerprint density at radius 2 is 2.04 bits per heavy atom. The predicted octanol–water partition coefficient (Wildman–Crippen LogP) is 4.06. The molecule has 23 heavy (non-hydrogen) atoms. The lowest BCUT2D eigenvalue weighted by atomic mass is 10.2. The first-order valence-electron chi connectivity index (χ1n) is 7.64. The van der Waals surface area contributed by atoms with Crippen LogP contribution in [-0.2, 0) is 4.79 Å². The molecule has 0 saturated carbocycles. The highest BCUT2D eigenvalue weighted by Gasteiger charge is 2.08. The Morgan fingerprint density at radius 3 is 2.65 bits per heavy atom. The second-order valence-corrected chi connectivity index (χ2v) is 5.44. The van der Waals surface area contributed by atoms with E-state index in [1.54, 1.807) is 25.1 Å². The van der Waals surface area contributed by atoms with Gasteiger partial charge in [-0.25, -0.2) is 4.39 Å². The number of carbonyl (C=O) groups excluding carboxylic acids is 1. The number of hydrogen-bond donors (Lipinski definition) is 0. The van der Waals surface area contributed by atoms with Crippen molar-refractivity contribution in [2.45, 2.75) is 20.3 Å². The molecule has 1 aromatic carbocycles. The summed E-state index contributed by atoms with van der Waals surface area (Å²) in [4.78, 5) is 14.9. The van der Waals surface area contributed by atoms with Gasteiger partial charge in [0.2, 0.25) is 6.41 Å². The minimum atomic E-state index is -0.292. The Morgan fingerprint density at radius 1 is 1.30 bits per heavy atom. The van der Waals surface area contributed by atoms with Gasteiger partial charge in [0.1, 0.15) is 5.82 Å². The standard InChI is InChI=1S/C19H25FN2O/c1-5-6-7-9-17(3)21(4)12-8-13-22(15-23)18-11-10-16(2)19(20)14-18/h5-7,9-11,14-15H,1,8,12-13H2,2-4H3/b7-6-,17-9+. The summed E-state index contributed by atoms with van der Waals surface area (Å²) >= 11 is 0. The molecule has 0 saturated heterocycles. The number of amides is 1. The number of rotatable bonds is 9. The fourth-order valence-corrected chi connectivity index (χ4v) is 2.06. The number of nitrogens with zero attached hydrogens (tertiary/aromatic N) is 2. The van der Waals surface area contributed by atoms with Gasteiger partial charge in [-0.1, -0.05) is 30.9 Å². The van der Waals surface area contributed by atoms with E-state index < -0.39 is 0 Å². The highest BCUT2D eigenvalue weighted by Crippen LogP contribution is 2.17. The van der Waals surface area contributed by atoms with Crippen molar-refractivity contribution in [1.82, 2.24) is 4.90 Å². The maximum Gasteiger partial charge on any atom is 0.214 e. The zero-order valence-electron chi connectivity index (χ0n) is 14.1. The molecule has 0 spiro atoms. The lowest BCUT2D eigenvalue weighted by Crippen LogP contribution is -2.26. The number of allylic oxidation sites excluding steroid dienone is 5. The summed E-state index contributed by atoms with van der Waals surface area (Å²) in [6.07, 6.45) is 9.09. The molecule has 0 heterocycles. The van der Waals surface area contributed by atoms with Crippen LogP contribution in [0.1, 0.15) is 18.9 Å². The van der Waals surface area contributed by atoms with Gasteiger partial charge < -0.3 is 9.80 Å². The van der Waals surface area contributed by atoms with Crippen LogP contribution in [0.25, 0.3) is 0 Å². The van der Waals surface area contributed by atoms with E-state index >= 15 is 0 Å².